The number of nitrogens with zero attached hydrogens (tertiary/aromatic N) is 2. The largest absolute Gasteiger partial charge is 0.370 e. The summed E-state index contributed by atoms with van der Waals surface area (Å²) in [7, 11) is 0. The van der Waals surface area contributed by atoms with Gasteiger partial charge in [-0.3, -0.25) is 9.36 Å². The van der Waals surface area contributed by atoms with Crippen molar-refractivity contribution >= 4 is 56.5 Å². The average Bonchev–Trinajstić information content (AvgIpc) is 3.11. The Morgan fingerprint density at radius 2 is 1.84 bits per heavy atom. The van der Waals surface area contributed by atoms with Crippen LogP contribution in [0.15, 0.2) is 58.5 Å². The van der Waals surface area contributed by atoms with Gasteiger partial charge in [0.25, 0.3) is 5.56 Å². The first kappa shape index (κ1) is 22.0. The van der Waals surface area contributed by atoms with Gasteiger partial charge in [-0.15, -0.1) is 11.3 Å². The zero-order valence-electron chi connectivity index (χ0n) is 17.5. The lowest BCUT2D eigenvalue weighted by Gasteiger charge is -2.29. The van der Waals surface area contributed by atoms with Crippen LogP contribution in [0.3, 0.4) is 0 Å². The summed E-state index contributed by atoms with van der Waals surface area (Å²) in [4.78, 5) is 20.6. The molecule has 5 rings (SSSR count). The van der Waals surface area contributed by atoms with Gasteiger partial charge in [-0.25, -0.2) is 4.98 Å². The van der Waals surface area contributed by atoms with Crippen molar-refractivity contribution in [2.45, 2.75) is 43.4 Å². The minimum Gasteiger partial charge on any atom is -0.370 e. The molecule has 2 aromatic carbocycles. The summed E-state index contributed by atoms with van der Waals surface area (Å²) in [5, 5.41) is 2.52. The van der Waals surface area contributed by atoms with Crippen LogP contribution in [-0.2, 0) is 23.5 Å². The molecule has 32 heavy (non-hydrogen) atoms. The van der Waals surface area contributed by atoms with Crippen molar-refractivity contribution in [1.82, 2.24) is 9.55 Å². The first-order valence-corrected chi connectivity index (χ1v) is 12.7. The van der Waals surface area contributed by atoms with Crippen LogP contribution in [-0.4, -0.2) is 15.2 Å². The Labute approximate surface area is 204 Å². The first-order chi connectivity index (χ1) is 15.3. The summed E-state index contributed by atoms with van der Waals surface area (Å²) in [6.45, 7) is 4.62. The standard InChI is InChI=1S/C24H20Cl2N2O2S2/c1-24(2)11-15-19(12-30-24)32-21-20(15)22(29)28(14-7-4-3-5-8-14)23(27-21)31-13-16-17(25)9-6-10-18(16)26/h3-10H,11-13H2,1-2H3. The molecule has 0 spiro atoms. The van der Waals surface area contributed by atoms with Crippen molar-refractivity contribution in [3.05, 3.63) is 84.9 Å². The fourth-order valence-electron chi connectivity index (χ4n) is 3.88. The summed E-state index contributed by atoms with van der Waals surface area (Å²) in [5.41, 5.74) is 2.32. The Morgan fingerprint density at radius 3 is 2.56 bits per heavy atom. The van der Waals surface area contributed by atoms with E-state index >= 15 is 0 Å². The second-order valence-corrected chi connectivity index (χ2v) is 11.1. The summed E-state index contributed by atoms with van der Waals surface area (Å²) in [6, 6.07) is 15.1. The Kier molecular flexibility index (Phi) is 5.84. The van der Waals surface area contributed by atoms with Crippen molar-refractivity contribution < 1.29 is 4.74 Å². The lowest BCUT2D eigenvalue weighted by atomic mass is 9.94. The van der Waals surface area contributed by atoms with Crippen LogP contribution in [0, 0.1) is 0 Å². The SMILES string of the molecule is CC1(C)Cc2c(sc3nc(SCc4c(Cl)cccc4Cl)n(-c4ccccc4)c(=O)c23)CO1. The Morgan fingerprint density at radius 1 is 1.12 bits per heavy atom. The first-order valence-electron chi connectivity index (χ1n) is 10.2. The molecular formula is C24H20Cl2N2O2S2. The molecule has 4 nitrogen and oxygen atoms in total. The molecule has 0 amide bonds. The van der Waals surface area contributed by atoms with Gasteiger partial charge in [-0.1, -0.05) is 59.2 Å². The van der Waals surface area contributed by atoms with E-state index in [4.69, 9.17) is 32.9 Å². The maximum atomic E-state index is 13.9. The van der Waals surface area contributed by atoms with E-state index in [1.807, 2.05) is 48.5 Å². The van der Waals surface area contributed by atoms with Gasteiger partial charge in [-0.05, 0) is 49.2 Å². The van der Waals surface area contributed by atoms with Gasteiger partial charge < -0.3 is 4.74 Å². The molecule has 8 heteroatoms. The normalized spacial score (nSPS) is 15.1. The van der Waals surface area contributed by atoms with E-state index in [1.165, 1.54) is 11.8 Å². The summed E-state index contributed by atoms with van der Waals surface area (Å²) in [6.07, 6.45) is 0.690. The van der Waals surface area contributed by atoms with Gasteiger partial charge in [0, 0.05) is 27.1 Å². The van der Waals surface area contributed by atoms with Gasteiger partial charge >= 0.3 is 0 Å². The minimum atomic E-state index is -0.306. The monoisotopic (exact) mass is 502 g/mol. The van der Waals surface area contributed by atoms with E-state index in [9.17, 15) is 4.79 Å². The third-order valence-corrected chi connectivity index (χ3v) is 8.27. The molecule has 0 N–H and O–H groups in total. The molecule has 0 bridgehead atoms. The predicted molar refractivity (Wildman–Crippen MR) is 134 cm³/mol. The number of aromatic nitrogens is 2. The van der Waals surface area contributed by atoms with E-state index in [1.54, 1.807) is 15.9 Å². The molecule has 0 fully saturated rings. The highest BCUT2D eigenvalue weighted by atomic mass is 35.5. The van der Waals surface area contributed by atoms with Crippen molar-refractivity contribution in [3.63, 3.8) is 0 Å². The Hall–Kier alpha value is -1.83. The van der Waals surface area contributed by atoms with E-state index in [0.717, 1.165) is 26.5 Å². The Balaban J connectivity index is 1.68. The zero-order valence-corrected chi connectivity index (χ0v) is 20.7. The van der Waals surface area contributed by atoms with Gasteiger partial charge in [-0.2, -0.15) is 0 Å². The smallest absolute Gasteiger partial charge is 0.267 e. The molecule has 1 aliphatic rings. The van der Waals surface area contributed by atoms with E-state index in [0.29, 0.717) is 39.4 Å². The van der Waals surface area contributed by atoms with Gasteiger partial charge in [0.1, 0.15) is 4.83 Å². The van der Waals surface area contributed by atoms with Crippen LogP contribution < -0.4 is 5.56 Å². The second-order valence-electron chi connectivity index (χ2n) is 8.27. The molecule has 1 aliphatic heterocycles. The highest BCUT2D eigenvalue weighted by Gasteiger charge is 2.31. The number of para-hydroxylation sites is 1. The number of hydrogen-bond acceptors (Lipinski definition) is 5. The number of thioether (sulfide) groups is 1. The lowest BCUT2D eigenvalue weighted by molar-refractivity contribution is -0.0379. The number of halogens is 2. The van der Waals surface area contributed by atoms with Crippen molar-refractivity contribution in [1.29, 1.82) is 0 Å². The third-order valence-electron chi connectivity index (χ3n) is 5.50. The number of fused-ring (bicyclic) bond motifs is 3. The quantitative estimate of drug-likeness (QED) is 0.225. The second kappa shape index (κ2) is 8.50. The predicted octanol–water partition coefficient (Wildman–Crippen LogP) is 6.90. The molecule has 164 valence electrons. The number of ether oxygens (including phenoxy) is 1. The summed E-state index contributed by atoms with van der Waals surface area (Å²) in [5.74, 6) is 0.504. The number of thiophene rings is 1. The molecule has 4 aromatic rings. The van der Waals surface area contributed by atoms with Crippen LogP contribution in [0.5, 0.6) is 0 Å². The molecule has 0 unspecified atom stereocenters. The fourth-order valence-corrected chi connectivity index (χ4v) is 6.78. The molecular weight excluding hydrogens is 483 g/mol. The van der Waals surface area contributed by atoms with Gasteiger partial charge in [0.05, 0.1) is 23.3 Å². The number of rotatable bonds is 4. The maximum Gasteiger partial charge on any atom is 0.267 e. The Bertz CT molecular complexity index is 1360. The molecule has 0 saturated carbocycles. The third kappa shape index (κ3) is 3.99. The molecule has 3 heterocycles. The van der Waals surface area contributed by atoms with Crippen molar-refractivity contribution in [2.24, 2.45) is 0 Å². The number of benzene rings is 2. The summed E-state index contributed by atoms with van der Waals surface area (Å²) < 4.78 is 7.68. The minimum absolute atomic E-state index is 0.0517. The average molecular weight is 503 g/mol. The van der Waals surface area contributed by atoms with Crippen LogP contribution in [0.4, 0.5) is 0 Å². The highest BCUT2D eigenvalue weighted by Crippen LogP contribution is 2.38. The van der Waals surface area contributed by atoms with Crippen molar-refractivity contribution in [3.8, 4) is 5.69 Å². The molecule has 2 aromatic heterocycles. The number of hydrogen-bond donors (Lipinski definition) is 0. The topological polar surface area (TPSA) is 44.1 Å². The van der Waals surface area contributed by atoms with E-state index < -0.39 is 0 Å². The molecule has 0 saturated heterocycles. The van der Waals surface area contributed by atoms with Crippen LogP contribution in [0.2, 0.25) is 10.0 Å². The van der Waals surface area contributed by atoms with Crippen molar-refractivity contribution in [2.75, 3.05) is 0 Å². The maximum absolute atomic E-state index is 13.9. The molecule has 0 radical (unpaired) electrons. The zero-order chi connectivity index (χ0) is 22.5. The lowest BCUT2D eigenvalue weighted by Crippen LogP contribution is -2.32. The van der Waals surface area contributed by atoms with Crippen LogP contribution in [0.1, 0.15) is 29.9 Å². The summed E-state index contributed by atoms with van der Waals surface area (Å²) >= 11 is 15.8. The van der Waals surface area contributed by atoms with Gasteiger partial charge in [0.2, 0.25) is 0 Å². The molecule has 0 atom stereocenters. The van der Waals surface area contributed by atoms with E-state index in [2.05, 4.69) is 13.8 Å². The van der Waals surface area contributed by atoms with Crippen LogP contribution in [0.25, 0.3) is 15.9 Å². The fraction of sp³-hybridized carbons (Fsp3) is 0.250. The van der Waals surface area contributed by atoms with Crippen LogP contribution >= 0.6 is 46.3 Å². The molecule has 0 aliphatic carbocycles. The van der Waals surface area contributed by atoms with E-state index in [-0.39, 0.29) is 11.2 Å². The highest BCUT2D eigenvalue weighted by molar-refractivity contribution is 7.98. The van der Waals surface area contributed by atoms with Gasteiger partial charge in [0.15, 0.2) is 5.16 Å².